The van der Waals surface area contributed by atoms with Gasteiger partial charge in [0.05, 0.1) is 0 Å². The van der Waals surface area contributed by atoms with E-state index < -0.39 is 0 Å². The third-order valence-electron chi connectivity index (χ3n) is 3.74. The molecule has 4 heteroatoms. The molecule has 0 aliphatic carbocycles. The number of furan rings is 1. The van der Waals surface area contributed by atoms with Crippen molar-refractivity contribution >= 4 is 16.9 Å². The van der Waals surface area contributed by atoms with Gasteiger partial charge in [-0.2, -0.15) is 0 Å². The first-order valence-corrected chi connectivity index (χ1v) is 7.55. The number of aryl methyl sites for hydroxylation is 1. The molecule has 1 N–H and O–H groups in total. The van der Waals surface area contributed by atoms with Crippen molar-refractivity contribution in [1.29, 1.82) is 0 Å². The summed E-state index contributed by atoms with van der Waals surface area (Å²) < 4.78 is 5.88. The first-order valence-electron chi connectivity index (χ1n) is 7.55. The highest BCUT2D eigenvalue weighted by molar-refractivity contribution is 5.83. The second-order valence-electron chi connectivity index (χ2n) is 5.31. The maximum absolute atomic E-state index is 12.1. The Balaban J connectivity index is 2.13. The van der Waals surface area contributed by atoms with Gasteiger partial charge in [0.15, 0.2) is 0 Å². The maximum Gasteiger partial charge on any atom is 0.222 e. The number of nitrogens with zero attached hydrogens (tertiary/aromatic N) is 1. The Hall–Kier alpha value is -1.81. The topological polar surface area (TPSA) is 45.5 Å². The molecule has 0 bridgehead atoms. The summed E-state index contributed by atoms with van der Waals surface area (Å²) in [6, 6.07) is 8.02. The molecule has 0 spiro atoms. The van der Waals surface area contributed by atoms with E-state index >= 15 is 0 Å². The molecule has 1 heterocycles. The minimum Gasteiger partial charge on any atom is -0.461 e. The first-order chi connectivity index (χ1) is 10.2. The largest absolute Gasteiger partial charge is 0.461 e. The summed E-state index contributed by atoms with van der Waals surface area (Å²) in [5.74, 6) is 1.16. The van der Waals surface area contributed by atoms with E-state index in [9.17, 15) is 4.79 Å². The van der Waals surface area contributed by atoms with E-state index in [0.717, 1.165) is 41.7 Å². The summed E-state index contributed by atoms with van der Waals surface area (Å²) in [7, 11) is 3.77. The first kappa shape index (κ1) is 15.6. The third kappa shape index (κ3) is 3.64. The van der Waals surface area contributed by atoms with Crippen molar-refractivity contribution in [3.05, 3.63) is 35.6 Å². The van der Waals surface area contributed by atoms with Gasteiger partial charge in [-0.3, -0.25) is 4.79 Å². The number of benzene rings is 1. The van der Waals surface area contributed by atoms with E-state index in [1.807, 2.05) is 32.3 Å². The monoisotopic (exact) mass is 288 g/mol. The Labute approximate surface area is 126 Å². The van der Waals surface area contributed by atoms with Crippen LogP contribution in [0, 0.1) is 0 Å². The molecule has 0 unspecified atom stereocenters. The quantitative estimate of drug-likeness (QED) is 0.797. The summed E-state index contributed by atoms with van der Waals surface area (Å²) in [6.45, 7) is 3.56. The van der Waals surface area contributed by atoms with Crippen molar-refractivity contribution in [2.75, 3.05) is 20.6 Å². The van der Waals surface area contributed by atoms with Crippen LogP contribution < -0.4 is 5.32 Å². The number of amides is 1. The van der Waals surface area contributed by atoms with Gasteiger partial charge < -0.3 is 14.6 Å². The summed E-state index contributed by atoms with van der Waals surface area (Å²) in [4.78, 5) is 13.9. The summed E-state index contributed by atoms with van der Waals surface area (Å²) >= 11 is 0. The molecule has 1 amide bonds. The van der Waals surface area contributed by atoms with Gasteiger partial charge in [-0.25, -0.2) is 0 Å². The lowest BCUT2D eigenvalue weighted by atomic mass is 10.1. The van der Waals surface area contributed by atoms with E-state index in [4.69, 9.17) is 4.42 Å². The van der Waals surface area contributed by atoms with Crippen molar-refractivity contribution in [3.8, 4) is 0 Å². The number of carbonyl (C=O) groups is 1. The van der Waals surface area contributed by atoms with Crippen molar-refractivity contribution in [1.82, 2.24) is 10.2 Å². The van der Waals surface area contributed by atoms with Gasteiger partial charge in [0.25, 0.3) is 0 Å². The van der Waals surface area contributed by atoms with Crippen LogP contribution in [0.25, 0.3) is 11.0 Å². The van der Waals surface area contributed by atoms with Crippen LogP contribution in [0.15, 0.2) is 28.7 Å². The Kier molecular flexibility index (Phi) is 5.39. The zero-order valence-corrected chi connectivity index (χ0v) is 13.1. The van der Waals surface area contributed by atoms with Gasteiger partial charge >= 0.3 is 0 Å². The van der Waals surface area contributed by atoms with Crippen molar-refractivity contribution in [2.45, 2.75) is 32.7 Å². The molecule has 0 aliphatic rings. The molecule has 0 fully saturated rings. The second kappa shape index (κ2) is 7.27. The molecule has 0 saturated heterocycles. The molecule has 21 heavy (non-hydrogen) atoms. The average Bonchev–Trinajstić information content (AvgIpc) is 2.85. The Morgan fingerprint density at radius 2 is 2.10 bits per heavy atom. The van der Waals surface area contributed by atoms with Gasteiger partial charge in [-0.1, -0.05) is 25.1 Å². The third-order valence-corrected chi connectivity index (χ3v) is 3.74. The molecule has 1 aromatic heterocycles. The number of nitrogens with one attached hydrogen (secondary N) is 1. The molecular weight excluding hydrogens is 264 g/mol. The predicted molar refractivity (Wildman–Crippen MR) is 85.2 cm³/mol. The maximum atomic E-state index is 12.1. The average molecular weight is 288 g/mol. The fraction of sp³-hybridized carbons (Fsp3) is 0.471. The lowest BCUT2D eigenvalue weighted by molar-refractivity contribution is -0.130. The van der Waals surface area contributed by atoms with E-state index in [1.54, 1.807) is 4.90 Å². The molecule has 1 aromatic carbocycles. The number of rotatable bonds is 7. The highest BCUT2D eigenvalue weighted by Gasteiger charge is 2.16. The van der Waals surface area contributed by atoms with E-state index in [0.29, 0.717) is 13.0 Å². The molecule has 0 atom stereocenters. The Morgan fingerprint density at radius 1 is 1.33 bits per heavy atom. The fourth-order valence-electron chi connectivity index (χ4n) is 2.54. The normalized spacial score (nSPS) is 11.0. The Bertz CT molecular complexity index is 604. The van der Waals surface area contributed by atoms with Crippen LogP contribution in [0.5, 0.6) is 0 Å². The number of carbonyl (C=O) groups excluding carboxylic acids is 1. The second-order valence-corrected chi connectivity index (χ2v) is 5.31. The van der Waals surface area contributed by atoms with Crippen LogP contribution in [0.1, 0.15) is 31.1 Å². The van der Waals surface area contributed by atoms with Crippen molar-refractivity contribution in [3.63, 3.8) is 0 Å². The molecule has 0 saturated carbocycles. The van der Waals surface area contributed by atoms with Gasteiger partial charge in [0, 0.05) is 37.4 Å². The summed E-state index contributed by atoms with van der Waals surface area (Å²) in [5, 5.41) is 4.18. The number of hydrogen-bond acceptors (Lipinski definition) is 3. The fourth-order valence-corrected chi connectivity index (χ4v) is 2.54. The van der Waals surface area contributed by atoms with Gasteiger partial charge in [-0.15, -0.1) is 0 Å². The minimum absolute atomic E-state index is 0.178. The van der Waals surface area contributed by atoms with E-state index in [2.05, 4.69) is 18.3 Å². The van der Waals surface area contributed by atoms with Crippen molar-refractivity contribution in [2.24, 2.45) is 0 Å². The van der Waals surface area contributed by atoms with Crippen LogP contribution in [0.4, 0.5) is 0 Å². The van der Waals surface area contributed by atoms with Crippen LogP contribution in [-0.2, 0) is 17.8 Å². The summed E-state index contributed by atoms with van der Waals surface area (Å²) in [5.41, 5.74) is 2.04. The smallest absolute Gasteiger partial charge is 0.222 e. The van der Waals surface area contributed by atoms with Gasteiger partial charge in [0.2, 0.25) is 5.91 Å². The van der Waals surface area contributed by atoms with Crippen LogP contribution >= 0.6 is 0 Å². The Morgan fingerprint density at radius 3 is 2.81 bits per heavy atom. The van der Waals surface area contributed by atoms with Gasteiger partial charge in [-0.05, 0) is 26.1 Å². The highest BCUT2D eigenvalue weighted by Crippen LogP contribution is 2.27. The summed E-state index contributed by atoms with van der Waals surface area (Å²) in [6.07, 6.45) is 2.28. The van der Waals surface area contributed by atoms with Crippen molar-refractivity contribution < 1.29 is 9.21 Å². The molecule has 4 nitrogen and oxygen atoms in total. The number of hydrogen-bond donors (Lipinski definition) is 1. The molecule has 2 aromatic rings. The molecule has 0 aliphatic heterocycles. The SMILES string of the molecule is CCc1oc2ccccc2c1CN(C)C(=O)CCCNC. The zero-order chi connectivity index (χ0) is 15.2. The predicted octanol–water partition coefficient (Wildman–Crippen LogP) is 2.95. The van der Waals surface area contributed by atoms with Crippen LogP contribution in [0.3, 0.4) is 0 Å². The lowest BCUT2D eigenvalue weighted by Gasteiger charge is -2.17. The van der Waals surface area contributed by atoms with E-state index in [1.165, 1.54) is 0 Å². The minimum atomic E-state index is 0.178. The molecule has 0 radical (unpaired) electrons. The highest BCUT2D eigenvalue weighted by atomic mass is 16.3. The van der Waals surface area contributed by atoms with Gasteiger partial charge in [0.1, 0.15) is 11.3 Å². The molecule has 114 valence electrons. The van der Waals surface area contributed by atoms with Crippen LogP contribution in [-0.4, -0.2) is 31.4 Å². The number of para-hydroxylation sites is 1. The zero-order valence-electron chi connectivity index (χ0n) is 13.1. The molecular formula is C17H24N2O2. The molecule has 2 rings (SSSR count). The lowest BCUT2D eigenvalue weighted by Crippen LogP contribution is -2.27. The van der Waals surface area contributed by atoms with Crippen LogP contribution in [0.2, 0.25) is 0 Å². The standard InChI is InChI=1S/C17H24N2O2/c1-4-15-14(13-8-5-6-9-16(13)21-15)12-19(3)17(20)10-7-11-18-2/h5-6,8-9,18H,4,7,10-12H2,1-3H3. The van der Waals surface area contributed by atoms with E-state index in [-0.39, 0.29) is 5.91 Å². The number of fused-ring (bicyclic) bond motifs is 1.